The van der Waals surface area contributed by atoms with Gasteiger partial charge in [-0.3, -0.25) is 0 Å². The second-order valence-electron chi connectivity index (χ2n) is 6.71. The zero-order chi connectivity index (χ0) is 14.8. The maximum atomic E-state index is 12.6. The summed E-state index contributed by atoms with van der Waals surface area (Å²) in [6.07, 6.45) is 3.02. The van der Waals surface area contributed by atoms with Crippen LogP contribution in [0.15, 0.2) is 35.2 Å². The van der Waals surface area contributed by atoms with Crippen LogP contribution in [-0.4, -0.2) is 25.8 Å². The van der Waals surface area contributed by atoms with Crippen LogP contribution >= 0.6 is 0 Å². The molecular formula is C16H25NO2S. The summed E-state index contributed by atoms with van der Waals surface area (Å²) >= 11 is 0. The predicted octanol–water partition coefficient (Wildman–Crippen LogP) is 3.52. The van der Waals surface area contributed by atoms with Crippen molar-refractivity contribution in [2.24, 2.45) is 11.3 Å². The molecule has 1 aromatic rings. The first-order valence-corrected chi connectivity index (χ1v) is 8.81. The van der Waals surface area contributed by atoms with Gasteiger partial charge in [0.2, 0.25) is 10.0 Å². The maximum Gasteiger partial charge on any atom is 0.243 e. The van der Waals surface area contributed by atoms with Crippen molar-refractivity contribution in [1.82, 2.24) is 4.31 Å². The highest BCUT2D eigenvalue weighted by Gasteiger charge is 2.31. The molecule has 1 atom stereocenters. The van der Waals surface area contributed by atoms with Crippen molar-refractivity contribution in [3.63, 3.8) is 0 Å². The molecule has 0 N–H and O–H groups in total. The molecular weight excluding hydrogens is 270 g/mol. The topological polar surface area (TPSA) is 37.4 Å². The van der Waals surface area contributed by atoms with Gasteiger partial charge in [0.05, 0.1) is 4.90 Å². The van der Waals surface area contributed by atoms with Crippen LogP contribution in [0, 0.1) is 11.3 Å². The minimum absolute atomic E-state index is 0.256. The van der Waals surface area contributed by atoms with Crippen LogP contribution in [0.1, 0.15) is 40.0 Å². The first-order valence-electron chi connectivity index (χ1n) is 7.37. The van der Waals surface area contributed by atoms with Gasteiger partial charge in [0.15, 0.2) is 0 Å². The van der Waals surface area contributed by atoms with E-state index in [0.29, 0.717) is 23.9 Å². The largest absolute Gasteiger partial charge is 0.243 e. The van der Waals surface area contributed by atoms with Crippen molar-refractivity contribution in [2.75, 3.05) is 13.1 Å². The Morgan fingerprint density at radius 2 is 1.70 bits per heavy atom. The Morgan fingerprint density at radius 1 is 1.05 bits per heavy atom. The van der Waals surface area contributed by atoms with Crippen LogP contribution in [0.5, 0.6) is 0 Å². The van der Waals surface area contributed by atoms with Crippen molar-refractivity contribution in [3.8, 4) is 0 Å². The summed E-state index contributed by atoms with van der Waals surface area (Å²) in [5.74, 6) is 0.596. The molecule has 0 radical (unpaired) electrons. The van der Waals surface area contributed by atoms with Crippen molar-refractivity contribution >= 4 is 10.0 Å². The van der Waals surface area contributed by atoms with Crippen LogP contribution in [0.25, 0.3) is 0 Å². The Balaban J connectivity index is 2.15. The van der Waals surface area contributed by atoms with Crippen LogP contribution in [-0.2, 0) is 10.0 Å². The van der Waals surface area contributed by atoms with E-state index >= 15 is 0 Å². The molecule has 0 bridgehead atoms. The molecule has 1 aromatic carbocycles. The lowest BCUT2D eigenvalue weighted by Gasteiger charge is -2.29. The molecule has 20 heavy (non-hydrogen) atoms. The highest BCUT2D eigenvalue weighted by molar-refractivity contribution is 7.89. The van der Waals surface area contributed by atoms with Gasteiger partial charge in [-0.1, -0.05) is 39.0 Å². The second kappa shape index (κ2) is 5.86. The fourth-order valence-electron chi connectivity index (χ4n) is 2.92. The van der Waals surface area contributed by atoms with E-state index < -0.39 is 10.0 Å². The molecule has 0 spiro atoms. The molecule has 0 saturated carbocycles. The molecule has 0 aromatic heterocycles. The van der Waals surface area contributed by atoms with Crippen molar-refractivity contribution in [2.45, 2.75) is 44.9 Å². The molecule has 0 amide bonds. The van der Waals surface area contributed by atoms with Gasteiger partial charge < -0.3 is 0 Å². The number of benzene rings is 1. The molecule has 0 aliphatic carbocycles. The summed E-state index contributed by atoms with van der Waals surface area (Å²) < 4.78 is 26.9. The number of hydrogen-bond donors (Lipinski definition) is 0. The predicted molar refractivity (Wildman–Crippen MR) is 82.0 cm³/mol. The van der Waals surface area contributed by atoms with E-state index in [1.807, 2.05) is 6.07 Å². The average molecular weight is 295 g/mol. The molecule has 1 heterocycles. The Kier molecular flexibility index (Phi) is 4.55. The average Bonchev–Trinajstić information content (AvgIpc) is 2.65. The van der Waals surface area contributed by atoms with Crippen molar-refractivity contribution in [1.29, 1.82) is 0 Å². The minimum Gasteiger partial charge on any atom is -0.207 e. The minimum atomic E-state index is -3.32. The van der Waals surface area contributed by atoms with E-state index in [2.05, 4.69) is 20.8 Å². The fraction of sp³-hybridized carbons (Fsp3) is 0.625. The SMILES string of the molecule is CC(C)(C)C1CCCN(S(=O)(=O)c2ccccc2)CC1. The van der Waals surface area contributed by atoms with Gasteiger partial charge in [-0.15, -0.1) is 0 Å². The van der Waals surface area contributed by atoms with Gasteiger partial charge >= 0.3 is 0 Å². The lowest BCUT2D eigenvalue weighted by molar-refractivity contribution is 0.217. The van der Waals surface area contributed by atoms with Crippen LogP contribution < -0.4 is 0 Å². The number of rotatable bonds is 2. The Hall–Kier alpha value is -0.870. The lowest BCUT2D eigenvalue weighted by atomic mass is 9.77. The molecule has 1 aliphatic rings. The quantitative estimate of drug-likeness (QED) is 0.837. The van der Waals surface area contributed by atoms with Crippen LogP contribution in [0.3, 0.4) is 0 Å². The first kappa shape index (κ1) is 15.5. The highest BCUT2D eigenvalue weighted by atomic mass is 32.2. The van der Waals surface area contributed by atoms with Gasteiger partial charge in [0, 0.05) is 13.1 Å². The van der Waals surface area contributed by atoms with Gasteiger partial charge in [-0.25, -0.2) is 8.42 Å². The van der Waals surface area contributed by atoms with E-state index in [1.165, 1.54) is 0 Å². The van der Waals surface area contributed by atoms with Crippen molar-refractivity contribution in [3.05, 3.63) is 30.3 Å². The summed E-state index contributed by atoms with van der Waals surface area (Å²) in [7, 11) is -3.32. The van der Waals surface area contributed by atoms with Gasteiger partial charge in [0.25, 0.3) is 0 Å². The third kappa shape index (κ3) is 3.41. The molecule has 1 aliphatic heterocycles. The van der Waals surface area contributed by atoms with Gasteiger partial charge in [-0.2, -0.15) is 4.31 Å². The van der Waals surface area contributed by atoms with E-state index in [1.54, 1.807) is 28.6 Å². The first-order chi connectivity index (χ1) is 9.32. The summed E-state index contributed by atoms with van der Waals surface area (Å²) in [4.78, 5) is 0.411. The van der Waals surface area contributed by atoms with Gasteiger partial charge in [0.1, 0.15) is 0 Å². The zero-order valence-corrected chi connectivity index (χ0v) is 13.5. The summed E-state index contributed by atoms with van der Waals surface area (Å²) in [5, 5.41) is 0. The number of hydrogen-bond acceptors (Lipinski definition) is 2. The number of nitrogens with zero attached hydrogens (tertiary/aromatic N) is 1. The third-order valence-corrected chi connectivity index (χ3v) is 6.21. The van der Waals surface area contributed by atoms with Crippen molar-refractivity contribution < 1.29 is 8.42 Å². The summed E-state index contributed by atoms with van der Waals surface area (Å²) in [6.45, 7) is 8.03. The smallest absolute Gasteiger partial charge is 0.207 e. The fourth-order valence-corrected chi connectivity index (χ4v) is 4.43. The molecule has 3 nitrogen and oxygen atoms in total. The molecule has 1 unspecified atom stereocenters. The van der Waals surface area contributed by atoms with Gasteiger partial charge in [-0.05, 0) is 42.7 Å². The zero-order valence-electron chi connectivity index (χ0n) is 12.7. The summed E-state index contributed by atoms with van der Waals surface area (Å²) in [6, 6.07) is 8.77. The molecule has 2 rings (SSSR count). The molecule has 4 heteroatoms. The lowest BCUT2D eigenvalue weighted by Crippen LogP contribution is -2.32. The van der Waals surface area contributed by atoms with E-state index in [-0.39, 0.29) is 5.41 Å². The Morgan fingerprint density at radius 3 is 2.30 bits per heavy atom. The second-order valence-corrected chi connectivity index (χ2v) is 8.65. The summed E-state index contributed by atoms with van der Waals surface area (Å²) in [5.41, 5.74) is 0.256. The normalized spacial score (nSPS) is 22.4. The monoisotopic (exact) mass is 295 g/mol. The standard InChI is InChI=1S/C16H25NO2S/c1-16(2,3)14-8-7-12-17(13-11-14)20(18,19)15-9-5-4-6-10-15/h4-6,9-10,14H,7-8,11-13H2,1-3H3. The Bertz CT molecular complexity index is 531. The number of sulfonamides is 1. The van der Waals surface area contributed by atoms with Crippen LogP contribution in [0.4, 0.5) is 0 Å². The van der Waals surface area contributed by atoms with E-state index in [9.17, 15) is 8.42 Å². The molecule has 1 fully saturated rings. The van der Waals surface area contributed by atoms with E-state index in [4.69, 9.17) is 0 Å². The Labute approximate surface area is 123 Å². The molecule has 1 saturated heterocycles. The highest BCUT2D eigenvalue weighted by Crippen LogP contribution is 2.35. The van der Waals surface area contributed by atoms with E-state index in [0.717, 1.165) is 19.3 Å². The maximum absolute atomic E-state index is 12.6. The molecule has 112 valence electrons. The van der Waals surface area contributed by atoms with Crippen LogP contribution in [0.2, 0.25) is 0 Å². The third-order valence-electron chi connectivity index (χ3n) is 4.29.